The van der Waals surface area contributed by atoms with Crippen LogP contribution in [0.25, 0.3) is 0 Å². The van der Waals surface area contributed by atoms with E-state index in [0.29, 0.717) is 19.6 Å². The summed E-state index contributed by atoms with van der Waals surface area (Å²) < 4.78 is 27.2. The van der Waals surface area contributed by atoms with Gasteiger partial charge >= 0.3 is 0 Å². The van der Waals surface area contributed by atoms with Gasteiger partial charge in [0, 0.05) is 32.2 Å². The van der Waals surface area contributed by atoms with Gasteiger partial charge < -0.3 is 0 Å². The van der Waals surface area contributed by atoms with Crippen molar-refractivity contribution in [1.82, 2.24) is 9.21 Å². The molecule has 0 amide bonds. The van der Waals surface area contributed by atoms with Gasteiger partial charge in [-0.3, -0.25) is 4.90 Å². The van der Waals surface area contributed by atoms with Crippen molar-refractivity contribution in [2.24, 2.45) is 0 Å². The Balaban J connectivity index is 1.72. The van der Waals surface area contributed by atoms with E-state index in [4.69, 9.17) is 11.6 Å². The maximum absolute atomic E-state index is 12.8. The van der Waals surface area contributed by atoms with Gasteiger partial charge in [0.1, 0.15) is 4.90 Å². The molecule has 1 atom stereocenters. The van der Waals surface area contributed by atoms with Crippen LogP contribution in [0.2, 0.25) is 5.02 Å². The van der Waals surface area contributed by atoms with Crippen LogP contribution in [0, 0.1) is 0 Å². The molecule has 0 spiro atoms. The van der Waals surface area contributed by atoms with Crippen LogP contribution in [0.4, 0.5) is 0 Å². The molecular weight excluding hydrogens is 344 g/mol. The number of hydrogen-bond acceptors (Lipinski definition) is 3. The van der Waals surface area contributed by atoms with Crippen molar-refractivity contribution in [2.75, 3.05) is 19.6 Å². The molecule has 1 unspecified atom stereocenters. The smallest absolute Gasteiger partial charge is 0.244 e. The Morgan fingerprint density at radius 1 is 1.04 bits per heavy atom. The molecule has 2 aromatic rings. The summed E-state index contributed by atoms with van der Waals surface area (Å²) >= 11 is 6.08. The van der Waals surface area contributed by atoms with Gasteiger partial charge in [-0.2, -0.15) is 4.31 Å². The van der Waals surface area contributed by atoms with Gasteiger partial charge in [-0.15, -0.1) is 0 Å². The monoisotopic (exact) mass is 364 g/mol. The summed E-state index contributed by atoms with van der Waals surface area (Å²) in [4.78, 5) is 2.50. The van der Waals surface area contributed by atoms with Crippen LogP contribution in [-0.2, 0) is 16.6 Å². The predicted octanol–water partition coefficient (Wildman–Crippen LogP) is 3.24. The van der Waals surface area contributed by atoms with Gasteiger partial charge in [0.05, 0.1) is 5.02 Å². The fourth-order valence-corrected chi connectivity index (χ4v) is 5.03. The van der Waals surface area contributed by atoms with Crippen molar-refractivity contribution in [1.29, 1.82) is 0 Å². The fraction of sp³-hybridized carbons (Fsp3) is 0.333. The van der Waals surface area contributed by atoms with Crippen molar-refractivity contribution in [3.05, 3.63) is 65.2 Å². The number of benzene rings is 2. The number of nitrogens with zero attached hydrogens (tertiary/aromatic N) is 2. The van der Waals surface area contributed by atoms with Gasteiger partial charge in [-0.25, -0.2) is 8.42 Å². The van der Waals surface area contributed by atoms with Gasteiger partial charge in [0.15, 0.2) is 0 Å². The normalized spacial score (nSPS) is 20.2. The minimum absolute atomic E-state index is 0.149. The van der Waals surface area contributed by atoms with E-state index in [1.165, 1.54) is 5.56 Å². The first-order valence-corrected chi connectivity index (χ1v) is 9.83. The minimum atomic E-state index is -3.55. The third-order valence-electron chi connectivity index (χ3n) is 4.41. The lowest BCUT2D eigenvalue weighted by Gasteiger charge is -2.39. The average molecular weight is 365 g/mol. The largest absolute Gasteiger partial charge is 0.294 e. The molecule has 4 nitrogen and oxygen atoms in total. The van der Waals surface area contributed by atoms with E-state index >= 15 is 0 Å². The van der Waals surface area contributed by atoms with E-state index in [1.54, 1.807) is 28.6 Å². The summed E-state index contributed by atoms with van der Waals surface area (Å²) in [7, 11) is -3.55. The standard InChI is InChI=1S/C18H21ClN2O2S/c1-15-13-21(24(22,23)18-10-6-5-9-17(18)19)12-11-20(15)14-16-7-3-2-4-8-16/h2-10,15H,11-14H2,1H3. The Bertz CT molecular complexity index is 796. The van der Waals surface area contributed by atoms with E-state index in [0.717, 1.165) is 6.54 Å². The summed E-state index contributed by atoms with van der Waals surface area (Å²) in [5, 5.41) is 0.275. The SMILES string of the molecule is CC1CN(S(=O)(=O)c2ccccc2Cl)CCN1Cc1ccccc1. The van der Waals surface area contributed by atoms with Crippen LogP contribution in [0.3, 0.4) is 0 Å². The molecule has 0 saturated carbocycles. The highest BCUT2D eigenvalue weighted by atomic mass is 35.5. The van der Waals surface area contributed by atoms with Crippen LogP contribution in [0.1, 0.15) is 12.5 Å². The molecule has 1 heterocycles. The topological polar surface area (TPSA) is 40.6 Å². The summed E-state index contributed by atoms with van der Waals surface area (Å²) in [6, 6.07) is 17.0. The zero-order valence-corrected chi connectivity index (χ0v) is 15.2. The Morgan fingerprint density at radius 3 is 2.38 bits per heavy atom. The first-order chi connectivity index (χ1) is 11.5. The second-order valence-corrected chi connectivity index (χ2v) is 8.41. The average Bonchev–Trinajstić information content (AvgIpc) is 2.58. The van der Waals surface area contributed by atoms with Crippen molar-refractivity contribution in [3.63, 3.8) is 0 Å². The van der Waals surface area contributed by atoms with E-state index in [2.05, 4.69) is 24.0 Å². The number of sulfonamides is 1. The van der Waals surface area contributed by atoms with Crippen LogP contribution in [-0.4, -0.2) is 43.3 Å². The molecule has 0 aromatic heterocycles. The summed E-state index contributed by atoms with van der Waals surface area (Å²) in [5.41, 5.74) is 1.24. The van der Waals surface area contributed by atoms with Crippen molar-refractivity contribution in [3.8, 4) is 0 Å². The molecule has 1 saturated heterocycles. The zero-order chi connectivity index (χ0) is 17.2. The van der Waals surface area contributed by atoms with Crippen LogP contribution < -0.4 is 0 Å². The molecule has 0 N–H and O–H groups in total. The van der Waals surface area contributed by atoms with Crippen molar-refractivity contribution < 1.29 is 8.42 Å². The van der Waals surface area contributed by atoms with Crippen LogP contribution in [0.15, 0.2) is 59.5 Å². The molecule has 0 radical (unpaired) electrons. The Kier molecular flexibility index (Phi) is 5.25. The molecule has 128 valence electrons. The minimum Gasteiger partial charge on any atom is -0.294 e. The van der Waals surface area contributed by atoms with Crippen molar-refractivity contribution >= 4 is 21.6 Å². The van der Waals surface area contributed by atoms with E-state index < -0.39 is 10.0 Å². The fourth-order valence-electron chi connectivity index (χ4n) is 3.03. The van der Waals surface area contributed by atoms with Gasteiger partial charge in [0.25, 0.3) is 0 Å². The molecule has 3 rings (SSSR count). The quantitative estimate of drug-likeness (QED) is 0.836. The number of rotatable bonds is 4. The first kappa shape index (κ1) is 17.4. The van der Waals surface area contributed by atoms with Crippen molar-refractivity contribution in [2.45, 2.75) is 24.4 Å². The van der Waals surface area contributed by atoms with E-state index in [1.807, 2.05) is 18.2 Å². The Morgan fingerprint density at radius 2 is 1.71 bits per heavy atom. The maximum Gasteiger partial charge on any atom is 0.244 e. The zero-order valence-electron chi connectivity index (χ0n) is 13.6. The number of hydrogen-bond donors (Lipinski definition) is 0. The lowest BCUT2D eigenvalue weighted by Crippen LogP contribution is -2.53. The highest BCUT2D eigenvalue weighted by Crippen LogP contribution is 2.26. The van der Waals surface area contributed by atoms with Gasteiger partial charge in [-0.05, 0) is 24.6 Å². The molecule has 0 aliphatic carbocycles. The van der Waals surface area contributed by atoms with Crippen LogP contribution in [0.5, 0.6) is 0 Å². The molecule has 1 aliphatic heterocycles. The highest BCUT2D eigenvalue weighted by Gasteiger charge is 2.33. The van der Waals surface area contributed by atoms with Gasteiger partial charge in [0.2, 0.25) is 10.0 Å². The lowest BCUT2D eigenvalue weighted by molar-refractivity contribution is 0.122. The maximum atomic E-state index is 12.8. The molecule has 2 aromatic carbocycles. The Hall–Kier alpha value is -1.40. The van der Waals surface area contributed by atoms with E-state index in [-0.39, 0.29) is 16.0 Å². The summed E-state index contributed by atoms with van der Waals surface area (Å²) in [6.07, 6.45) is 0. The molecule has 24 heavy (non-hydrogen) atoms. The second kappa shape index (κ2) is 7.23. The molecule has 0 bridgehead atoms. The summed E-state index contributed by atoms with van der Waals surface area (Å²) in [5.74, 6) is 0. The molecule has 1 aliphatic rings. The third kappa shape index (κ3) is 3.64. The molecule has 1 fully saturated rings. The molecular formula is C18H21ClN2O2S. The van der Waals surface area contributed by atoms with Crippen LogP contribution >= 0.6 is 11.6 Å². The summed E-state index contributed by atoms with van der Waals surface area (Å²) in [6.45, 7) is 4.56. The van der Waals surface area contributed by atoms with E-state index in [9.17, 15) is 8.42 Å². The number of piperazine rings is 1. The Labute approximate surface area is 148 Å². The first-order valence-electron chi connectivity index (χ1n) is 8.01. The second-order valence-electron chi connectivity index (χ2n) is 6.10. The predicted molar refractivity (Wildman–Crippen MR) is 96.5 cm³/mol. The lowest BCUT2D eigenvalue weighted by atomic mass is 10.1. The van der Waals surface area contributed by atoms with Gasteiger partial charge in [-0.1, -0.05) is 54.1 Å². The third-order valence-corrected chi connectivity index (χ3v) is 6.78. The molecule has 6 heteroatoms. The highest BCUT2D eigenvalue weighted by molar-refractivity contribution is 7.89. The number of halogens is 1.